The Bertz CT molecular complexity index is 71.2. The normalized spacial score (nSPS) is 10.6. The van der Waals surface area contributed by atoms with E-state index in [9.17, 15) is 0 Å². The van der Waals surface area contributed by atoms with Crippen LogP contribution in [0, 0.1) is 13.5 Å². The van der Waals surface area contributed by atoms with E-state index >= 15 is 0 Å². The second-order valence-electron chi connectivity index (χ2n) is 3.52. The van der Waals surface area contributed by atoms with Gasteiger partial charge in [-0.15, -0.1) is 0 Å². The van der Waals surface area contributed by atoms with Gasteiger partial charge in [0, 0.05) is 7.11 Å². The molecule has 78 valence electrons. The van der Waals surface area contributed by atoms with Crippen LogP contribution in [0.5, 0.6) is 0 Å². The van der Waals surface area contributed by atoms with Gasteiger partial charge in [-0.3, -0.25) is 0 Å². The number of rotatable bonds is 10. The Morgan fingerprint density at radius 2 is 1.46 bits per heavy atom. The van der Waals surface area contributed by atoms with E-state index in [1.807, 2.05) is 6.61 Å². The van der Waals surface area contributed by atoms with Gasteiger partial charge in [0.25, 0.3) is 0 Å². The predicted octanol–water partition coefficient (Wildman–Crippen LogP) is 4.14. The zero-order valence-corrected chi connectivity index (χ0v) is 9.06. The molecule has 0 rings (SSSR count). The molecule has 1 nitrogen and oxygen atoms in total. The number of ether oxygens (including phenoxy) is 1. The lowest BCUT2D eigenvalue weighted by Crippen LogP contribution is -1.83. The van der Waals surface area contributed by atoms with Crippen LogP contribution in [-0.4, -0.2) is 7.11 Å². The van der Waals surface area contributed by atoms with Crippen molar-refractivity contribution < 1.29 is 4.74 Å². The maximum absolute atomic E-state index is 4.87. The first-order valence-corrected chi connectivity index (χ1v) is 5.55. The van der Waals surface area contributed by atoms with Crippen molar-refractivity contribution >= 4 is 0 Å². The first-order valence-electron chi connectivity index (χ1n) is 5.55. The van der Waals surface area contributed by atoms with Crippen LogP contribution < -0.4 is 0 Å². The highest BCUT2D eigenvalue weighted by Crippen LogP contribution is 2.09. The second kappa shape index (κ2) is 12.0. The summed E-state index contributed by atoms with van der Waals surface area (Å²) in [5.74, 6) is 0. The molecule has 0 aromatic carbocycles. The van der Waals surface area contributed by atoms with Crippen molar-refractivity contribution in [1.82, 2.24) is 0 Å². The van der Waals surface area contributed by atoms with Crippen molar-refractivity contribution in [3.63, 3.8) is 0 Å². The van der Waals surface area contributed by atoms with Gasteiger partial charge >= 0.3 is 0 Å². The average molecular weight is 184 g/mol. The van der Waals surface area contributed by atoms with Crippen LogP contribution >= 0.6 is 0 Å². The van der Waals surface area contributed by atoms with Crippen molar-refractivity contribution in [2.75, 3.05) is 7.11 Å². The lowest BCUT2D eigenvalue weighted by molar-refractivity contribution is 0.262. The quantitative estimate of drug-likeness (QED) is 0.464. The summed E-state index contributed by atoms with van der Waals surface area (Å²) < 4.78 is 4.87. The molecule has 0 fully saturated rings. The highest BCUT2D eigenvalue weighted by molar-refractivity contribution is 4.51. The van der Waals surface area contributed by atoms with E-state index in [1.54, 1.807) is 7.11 Å². The molecule has 0 aromatic heterocycles. The summed E-state index contributed by atoms with van der Waals surface area (Å²) in [5, 5.41) is 0. The van der Waals surface area contributed by atoms with Crippen molar-refractivity contribution in [3.8, 4) is 0 Å². The first kappa shape index (κ1) is 13.0. The van der Waals surface area contributed by atoms with Crippen LogP contribution in [0.3, 0.4) is 0 Å². The van der Waals surface area contributed by atoms with Gasteiger partial charge < -0.3 is 4.74 Å². The van der Waals surface area contributed by atoms with Gasteiger partial charge in [0.1, 0.15) is 0 Å². The molecule has 0 unspecified atom stereocenters. The molecule has 0 amide bonds. The molecule has 0 aliphatic carbocycles. The lowest BCUT2D eigenvalue weighted by atomic mass is 10.1. The van der Waals surface area contributed by atoms with Crippen LogP contribution in [0.1, 0.15) is 57.8 Å². The Morgan fingerprint density at radius 3 is 2.00 bits per heavy atom. The molecule has 0 saturated heterocycles. The van der Waals surface area contributed by atoms with Crippen LogP contribution in [0.25, 0.3) is 0 Å². The van der Waals surface area contributed by atoms with E-state index < -0.39 is 0 Å². The molecule has 0 aromatic rings. The van der Waals surface area contributed by atoms with Crippen molar-refractivity contribution in [2.24, 2.45) is 0 Å². The zero-order valence-electron chi connectivity index (χ0n) is 9.06. The average Bonchev–Trinajstić information content (AvgIpc) is 2.16. The van der Waals surface area contributed by atoms with Gasteiger partial charge in [0.2, 0.25) is 0 Å². The molecule has 0 aliphatic rings. The molecular weight excluding hydrogens is 160 g/mol. The molecule has 0 spiro atoms. The molecule has 0 saturated carbocycles. The van der Waals surface area contributed by atoms with Crippen LogP contribution in [-0.2, 0) is 4.74 Å². The van der Waals surface area contributed by atoms with E-state index in [-0.39, 0.29) is 0 Å². The van der Waals surface area contributed by atoms with E-state index in [0.29, 0.717) is 0 Å². The van der Waals surface area contributed by atoms with Gasteiger partial charge in [-0.2, -0.15) is 0 Å². The summed E-state index contributed by atoms with van der Waals surface area (Å²) >= 11 is 0. The fraction of sp³-hybridized carbons (Fsp3) is 0.833. The molecule has 2 radical (unpaired) electrons. The topological polar surface area (TPSA) is 9.23 Å². The third-order valence-corrected chi connectivity index (χ3v) is 2.24. The monoisotopic (exact) mass is 184 g/mol. The summed E-state index contributed by atoms with van der Waals surface area (Å²) in [5.41, 5.74) is 0. The molecule has 1 heteroatoms. The summed E-state index contributed by atoms with van der Waals surface area (Å²) in [6.07, 6.45) is 11.7. The van der Waals surface area contributed by atoms with Gasteiger partial charge in [-0.1, -0.05) is 58.3 Å². The molecular formula is C12H24O. The number of hydrogen-bond donors (Lipinski definition) is 0. The summed E-state index contributed by atoms with van der Waals surface area (Å²) in [6.45, 7) is 5.73. The fourth-order valence-corrected chi connectivity index (χ4v) is 1.41. The molecule has 0 atom stereocenters. The first-order chi connectivity index (χ1) is 6.41. The van der Waals surface area contributed by atoms with Gasteiger partial charge in [0.05, 0.1) is 6.61 Å². The van der Waals surface area contributed by atoms with Crippen LogP contribution in [0.2, 0.25) is 0 Å². The van der Waals surface area contributed by atoms with E-state index in [1.165, 1.54) is 44.9 Å². The maximum atomic E-state index is 4.87. The molecule has 0 heterocycles. The van der Waals surface area contributed by atoms with Crippen molar-refractivity contribution in [1.29, 1.82) is 0 Å². The lowest BCUT2D eigenvalue weighted by Gasteiger charge is -2.00. The molecule has 0 N–H and O–H groups in total. The third kappa shape index (κ3) is 12.0. The van der Waals surface area contributed by atoms with E-state index in [2.05, 4.69) is 6.92 Å². The number of unbranched alkanes of at least 4 members (excludes halogenated alkanes) is 8. The Balaban J connectivity index is 2.76. The Labute approximate surface area is 83.9 Å². The van der Waals surface area contributed by atoms with Gasteiger partial charge in [-0.05, 0) is 6.42 Å². The van der Waals surface area contributed by atoms with E-state index in [4.69, 9.17) is 4.74 Å². The van der Waals surface area contributed by atoms with E-state index in [0.717, 1.165) is 12.8 Å². The largest absolute Gasteiger partial charge is 0.379 e. The van der Waals surface area contributed by atoms with Crippen molar-refractivity contribution in [3.05, 3.63) is 13.5 Å². The third-order valence-electron chi connectivity index (χ3n) is 2.24. The number of hydrogen-bond acceptors (Lipinski definition) is 1. The van der Waals surface area contributed by atoms with Gasteiger partial charge in [0.15, 0.2) is 0 Å². The Hall–Kier alpha value is -0.0400. The fourth-order valence-electron chi connectivity index (χ4n) is 1.41. The highest BCUT2D eigenvalue weighted by Gasteiger charge is 1.91. The highest BCUT2D eigenvalue weighted by atomic mass is 16.5. The number of methoxy groups -OCH3 is 1. The van der Waals surface area contributed by atoms with Gasteiger partial charge in [-0.25, -0.2) is 0 Å². The van der Waals surface area contributed by atoms with Crippen LogP contribution in [0.4, 0.5) is 0 Å². The summed E-state index contributed by atoms with van der Waals surface area (Å²) in [7, 11) is 1.72. The standard InChI is InChI=1S/C12H24O/c1-3-4-5-6-7-8-9-10-11-12-13-2/h12H,1,3-11H2,2H3. The molecule has 0 bridgehead atoms. The zero-order chi connectivity index (χ0) is 9.78. The summed E-state index contributed by atoms with van der Waals surface area (Å²) in [4.78, 5) is 0. The van der Waals surface area contributed by atoms with Crippen LogP contribution in [0.15, 0.2) is 0 Å². The minimum Gasteiger partial charge on any atom is -0.379 e. The molecule has 0 aliphatic heterocycles. The predicted molar refractivity (Wildman–Crippen MR) is 58.2 cm³/mol. The smallest absolute Gasteiger partial charge is 0.0832 e. The Morgan fingerprint density at radius 1 is 0.923 bits per heavy atom. The minimum absolute atomic E-state index is 1.10. The Kier molecular flexibility index (Phi) is 11.9. The SMILES string of the molecule is [CH2]CCCCCCCCC[CH]OC. The summed E-state index contributed by atoms with van der Waals surface area (Å²) in [6, 6.07) is 0. The maximum Gasteiger partial charge on any atom is 0.0832 e. The molecule has 13 heavy (non-hydrogen) atoms. The minimum atomic E-state index is 1.10. The van der Waals surface area contributed by atoms with Crippen molar-refractivity contribution in [2.45, 2.75) is 57.8 Å². The second-order valence-corrected chi connectivity index (χ2v) is 3.52.